The molecule has 0 heterocycles. The summed E-state index contributed by atoms with van der Waals surface area (Å²) in [5.41, 5.74) is 0. The number of nitrogens with one attached hydrogen (secondary N) is 2. The van der Waals surface area contributed by atoms with Gasteiger partial charge < -0.3 is 30.7 Å². The van der Waals surface area contributed by atoms with Crippen LogP contribution < -0.4 is 10.6 Å². The minimum absolute atomic E-state index is 0.115. The number of carbonyl (C=O) groups excluding carboxylic acids is 3. The standard InChI is InChI=1S/C11H20N2O6/c1-5(12-7(3)16)11(19)13-9(8(17)4-14)10(18)6(2)15/h4-6,8-10,15,17-18H,1-3H3,(H,12,16)(H,13,19)/t5-,6+,8-,9+,10+/m0/s1/i3D. The van der Waals surface area contributed by atoms with Crippen LogP contribution in [-0.4, -0.2) is 63.8 Å². The lowest BCUT2D eigenvalue weighted by atomic mass is 10.0. The summed E-state index contributed by atoms with van der Waals surface area (Å²) in [5, 5.41) is 32.7. The molecule has 0 rings (SSSR count). The monoisotopic (exact) mass is 277 g/mol. The molecule has 2 amide bonds. The van der Waals surface area contributed by atoms with Crippen molar-refractivity contribution < 1.29 is 31.1 Å². The van der Waals surface area contributed by atoms with Gasteiger partial charge in [-0.15, -0.1) is 0 Å². The van der Waals surface area contributed by atoms with Gasteiger partial charge in [-0.2, -0.15) is 0 Å². The van der Waals surface area contributed by atoms with Crippen LogP contribution in [0, 0.1) is 0 Å². The highest BCUT2D eigenvalue weighted by Gasteiger charge is 2.32. The number of amides is 2. The minimum atomic E-state index is -1.71. The highest BCUT2D eigenvalue weighted by Crippen LogP contribution is 2.04. The topological polar surface area (TPSA) is 136 Å². The zero-order chi connectivity index (χ0) is 15.9. The summed E-state index contributed by atoms with van der Waals surface area (Å²) < 4.78 is 6.80. The van der Waals surface area contributed by atoms with Gasteiger partial charge in [-0.3, -0.25) is 9.59 Å². The number of carbonyl (C=O) groups is 3. The van der Waals surface area contributed by atoms with Gasteiger partial charge in [0, 0.05) is 8.27 Å². The fraction of sp³-hybridized carbons (Fsp3) is 0.727. The van der Waals surface area contributed by atoms with Crippen LogP contribution >= 0.6 is 0 Å². The van der Waals surface area contributed by atoms with Crippen molar-refractivity contribution in [3.05, 3.63) is 0 Å². The van der Waals surface area contributed by atoms with Gasteiger partial charge >= 0.3 is 0 Å². The van der Waals surface area contributed by atoms with Crippen LogP contribution in [0.4, 0.5) is 0 Å². The molecule has 5 N–H and O–H groups in total. The summed E-state index contributed by atoms with van der Waals surface area (Å²) in [6.07, 6.45) is -4.43. The van der Waals surface area contributed by atoms with E-state index in [1.54, 1.807) is 0 Å². The lowest BCUT2D eigenvalue weighted by Crippen LogP contribution is -2.58. The first-order valence-corrected chi connectivity index (χ1v) is 5.63. The van der Waals surface area contributed by atoms with Gasteiger partial charge in [-0.05, 0) is 13.8 Å². The Bertz CT molecular complexity index is 352. The maximum atomic E-state index is 11.7. The van der Waals surface area contributed by atoms with Crippen molar-refractivity contribution in [2.75, 3.05) is 0 Å². The Morgan fingerprint density at radius 3 is 2.21 bits per heavy atom. The van der Waals surface area contributed by atoms with Crippen molar-refractivity contribution in [2.45, 2.75) is 51.1 Å². The van der Waals surface area contributed by atoms with E-state index in [0.717, 1.165) is 0 Å². The van der Waals surface area contributed by atoms with Crippen molar-refractivity contribution in [1.82, 2.24) is 10.6 Å². The van der Waals surface area contributed by atoms with Crippen molar-refractivity contribution in [3.8, 4) is 0 Å². The molecule has 0 aromatic rings. The third-order valence-corrected chi connectivity index (χ3v) is 2.45. The number of aliphatic hydroxyl groups excluding tert-OH is 3. The average Bonchev–Trinajstić information content (AvgIpc) is 2.42. The average molecular weight is 277 g/mol. The fourth-order valence-electron chi connectivity index (χ4n) is 1.35. The first-order valence-electron chi connectivity index (χ1n) is 6.33. The molecule has 5 atom stereocenters. The fourth-order valence-corrected chi connectivity index (χ4v) is 1.35. The number of aldehydes is 1. The van der Waals surface area contributed by atoms with Gasteiger partial charge in [0.15, 0.2) is 6.29 Å². The molecule has 8 nitrogen and oxygen atoms in total. The molecule has 110 valence electrons. The Labute approximate surface area is 112 Å². The largest absolute Gasteiger partial charge is 0.391 e. The third kappa shape index (κ3) is 5.77. The molecule has 0 aromatic heterocycles. The maximum absolute atomic E-state index is 11.7. The molecule has 0 aromatic carbocycles. The van der Waals surface area contributed by atoms with Crippen LogP contribution in [0.1, 0.15) is 22.1 Å². The van der Waals surface area contributed by atoms with E-state index < -0.39 is 49.1 Å². The van der Waals surface area contributed by atoms with E-state index in [4.69, 9.17) is 1.37 Å². The highest BCUT2D eigenvalue weighted by molar-refractivity contribution is 5.86. The summed E-state index contributed by atoms with van der Waals surface area (Å²) in [6.45, 7) is 2.02. The smallest absolute Gasteiger partial charge is 0.242 e. The Morgan fingerprint density at radius 1 is 1.21 bits per heavy atom. The van der Waals surface area contributed by atoms with Gasteiger partial charge in [0.2, 0.25) is 11.8 Å². The van der Waals surface area contributed by atoms with E-state index >= 15 is 0 Å². The summed E-state index contributed by atoms with van der Waals surface area (Å²) in [5.74, 6) is -1.44. The second-order valence-electron chi connectivity index (χ2n) is 4.18. The Morgan fingerprint density at radius 2 is 1.79 bits per heavy atom. The normalized spacial score (nSPS) is 19.3. The van der Waals surface area contributed by atoms with Crippen LogP contribution in [0.2, 0.25) is 0 Å². The lowest BCUT2D eigenvalue weighted by Gasteiger charge is -2.28. The number of aliphatic hydroxyl groups is 3. The minimum Gasteiger partial charge on any atom is -0.391 e. The summed E-state index contributed by atoms with van der Waals surface area (Å²) in [7, 11) is 0. The molecule has 0 aliphatic rings. The second-order valence-corrected chi connectivity index (χ2v) is 4.18. The second kappa shape index (κ2) is 7.82. The van der Waals surface area contributed by atoms with E-state index in [0.29, 0.717) is 0 Å². The molecule has 8 heteroatoms. The van der Waals surface area contributed by atoms with E-state index in [2.05, 4.69) is 10.6 Å². The first kappa shape index (κ1) is 15.5. The molecule has 0 unspecified atom stereocenters. The van der Waals surface area contributed by atoms with Gasteiger partial charge in [0.1, 0.15) is 18.2 Å². The SMILES string of the molecule is [2H]CC(=O)N[C@@H](C)C(=O)N[C@@H]([C@H](O)[C@@H](C)O)[C@@H](O)C=O. The number of hydrogen-bond acceptors (Lipinski definition) is 6. The molecular formula is C11H20N2O6. The molecular weight excluding hydrogens is 256 g/mol. The number of rotatable bonds is 7. The van der Waals surface area contributed by atoms with Crippen LogP contribution in [0.5, 0.6) is 0 Å². The molecule has 0 spiro atoms. The van der Waals surface area contributed by atoms with E-state index in [9.17, 15) is 29.7 Å². The molecule has 0 radical (unpaired) electrons. The van der Waals surface area contributed by atoms with Crippen LogP contribution in [0.3, 0.4) is 0 Å². The van der Waals surface area contributed by atoms with Crippen LogP contribution in [0.15, 0.2) is 0 Å². The predicted octanol–water partition coefficient (Wildman–Crippen LogP) is -2.70. The maximum Gasteiger partial charge on any atom is 0.242 e. The predicted molar refractivity (Wildman–Crippen MR) is 65.0 cm³/mol. The molecule has 0 aliphatic heterocycles. The highest BCUT2D eigenvalue weighted by atomic mass is 16.3. The van der Waals surface area contributed by atoms with Crippen LogP contribution in [0.25, 0.3) is 0 Å². The molecule has 0 fully saturated rings. The lowest BCUT2D eigenvalue weighted by molar-refractivity contribution is -0.132. The van der Waals surface area contributed by atoms with E-state index in [-0.39, 0.29) is 6.29 Å². The summed E-state index contributed by atoms with van der Waals surface area (Å²) in [6, 6.07) is -2.43. The molecule has 19 heavy (non-hydrogen) atoms. The van der Waals surface area contributed by atoms with Crippen molar-refractivity contribution in [1.29, 1.82) is 0 Å². The summed E-state index contributed by atoms with van der Waals surface area (Å²) in [4.78, 5) is 33.3. The van der Waals surface area contributed by atoms with Crippen molar-refractivity contribution >= 4 is 18.1 Å². The van der Waals surface area contributed by atoms with Gasteiger partial charge in [0.05, 0.1) is 12.1 Å². The molecule has 0 saturated heterocycles. The van der Waals surface area contributed by atoms with Gasteiger partial charge in [-0.25, -0.2) is 0 Å². The Balaban J connectivity index is 4.76. The summed E-state index contributed by atoms with van der Waals surface area (Å²) >= 11 is 0. The zero-order valence-electron chi connectivity index (χ0n) is 11.7. The van der Waals surface area contributed by atoms with Gasteiger partial charge in [0.25, 0.3) is 0 Å². The quantitative estimate of drug-likeness (QED) is 0.321. The first-order chi connectivity index (χ1) is 9.24. The zero-order valence-corrected chi connectivity index (χ0v) is 10.7. The molecule has 0 saturated carbocycles. The van der Waals surface area contributed by atoms with Gasteiger partial charge in [-0.1, -0.05) is 0 Å². The van der Waals surface area contributed by atoms with Crippen molar-refractivity contribution in [2.24, 2.45) is 0 Å². The molecule has 0 bridgehead atoms. The van der Waals surface area contributed by atoms with E-state index in [1.807, 2.05) is 0 Å². The van der Waals surface area contributed by atoms with Crippen LogP contribution in [-0.2, 0) is 14.4 Å². The Kier molecular flexibility index (Phi) is 6.40. The molecule has 0 aliphatic carbocycles. The third-order valence-electron chi connectivity index (χ3n) is 2.45. The number of hydrogen-bond donors (Lipinski definition) is 5. The van der Waals surface area contributed by atoms with Crippen molar-refractivity contribution in [3.63, 3.8) is 0 Å². The Hall–Kier alpha value is -1.51. The van der Waals surface area contributed by atoms with E-state index in [1.165, 1.54) is 13.8 Å².